The lowest BCUT2D eigenvalue weighted by atomic mass is 9.78. The number of unbranched alkanes of at least 4 members (excludes halogenated alkanes) is 3. The van der Waals surface area contributed by atoms with E-state index in [1.54, 1.807) is 7.11 Å². The van der Waals surface area contributed by atoms with Crippen LogP contribution in [0.4, 0.5) is 0 Å². The fourth-order valence-corrected chi connectivity index (χ4v) is 4.26. The molecular weight excluding hydrogens is 346 g/mol. The summed E-state index contributed by atoms with van der Waals surface area (Å²) in [6, 6.07) is 16.6. The highest BCUT2D eigenvalue weighted by Gasteiger charge is 2.28. The Morgan fingerprint density at radius 3 is 2.46 bits per heavy atom. The standard InChI is InChI=1S/C25H31NO2/c1-4-5-6-7-10-20(17-27)25(19-13-15-21(28-3)16-14-19)24-18(2)26-23-12-9-8-11-22(23)24/h8-9,11-17,20,25-26H,4-7,10H2,1-3H3/t20-,25?/m1/s1. The van der Waals surface area contributed by atoms with E-state index in [0.29, 0.717) is 0 Å². The Kier molecular flexibility index (Phi) is 6.91. The number of nitrogens with one attached hydrogen (secondary N) is 1. The van der Waals surface area contributed by atoms with E-state index in [0.717, 1.165) is 29.8 Å². The molecule has 2 atom stereocenters. The van der Waals surface area contributed by atoms with E-state index >= 15 is 0 Å². The van der Waals surface area contributed by atoms with Gasteiger partial charge in [-0.25, -0.2) is 0 Å². The van der Waals surface area contributed by atoms with Gasteiger partial charge in [-0.2, -0.15) is 0 Å². The number of aromatic nitrogens is 1. The third-order valence-corrected chi connectivity index (χ3v) is 5.72. The van der Waals surface area contributed by atoms with Gasteiger partial charge < -0.3 is 14.5 Å². The van der Waals surface area contributed by atoms with Gasteiger partial charge in [0, 0.05) is 28.4 Å². The summed E-state index contributed by atoms with van der Waals surface area (Å²) in [6.45, 7) is 4.33. The molecule has 3 rings (SSSR count). The van der Waals surface area contributed by atoms with Crippen LogP contribution in [0.25, 0.3) is 10.9 Å². The monoisotopic (exact) mass is 377 g/mol. The molecule has 3 nitrogen and oxygen atoms in total. The second-order valence-corrected chi connectivity index (χ2v) is 7.61. The third kappa shape index (κ3) is 4.30. The fraction of sp³-hybridized carbons (Fsp3) is 0.400. The van der Waals surface area contributed by atoms with E-state index in [4.69, 9.17) is 4.74 Å². The van der Waals surface area contributed by atoms with Gasteiger partial charge in [0.05, 0.1) is 7.11 Å². The van der Waals surface area contributed by atoms with E-state index in [1.807, 2.05) is 18.2 Å². The maximum absolute atomic E-state index is 12.2. The van der Waals surface area contributed by atoms with Gasteiger partial charge >= 0.3 is 0 Å². The first-order chi connectivity index (χ1) is 13.7. The Morgan fingerprint density at radius 1 is 1.04 bits per heavy atom. The second-order valence-electron chi connectivity index (χ2n) is 7.61. The number of benzene rings is 2. The van der Waals surface area contributed by atoms with Crippen molar-refractivity contribution in [2.75, 3.05) is 7.11 Å². The Bertz CT molecular complexity index is 895. The largest absolute Gasteiger partial charge is 0.497 e. The van der Waals surface area contributed by atoms with Gasteiger partial charge in [-0.1, -0.05) is 62.9 Å². The van der Waals surface area contributed by atoms with Crippen molar-refractivity contribution < 1.29 is 9.53 Å². The predicted molar refractivity (Wildman–Crippen MR) is 116 cm³/mol. The molecule has 1 aromatic heterocycles. The number of H-pyrrole nitrogens is 1. The highest BCUT2D eigenvalue weighted by atomic mass is 16.5. The van der Waals surface area contributed by atoms with E-state index < -0.39 is 0 Å². The van der Waals surface area contributed by atoms with E-state index in [1.165, 1.54) is 42.1 Å². The van der Waals surface area contributed by atoms with E-state index in [9.17, 15) is 4.79 Å². The first-order valence-corrected chi connectivity index (χ1v) is 10.4. The average molecular weight is 378 g/mol. The van der Waals surface area contributed by atoms with Crippen molar-refractivity contribution in [3.63, 3.8) is 0 Å². The summed E-state index contributed by atoms with van der Waals surface area (Å²) in [5.41, 5.74) is 4.68. The van der Waals surface area contributed by atoms with Crippen molar-refractivity contribution in [3.05, 3.63) is 65.4 Å². The van der Waals surface area contributed by atoms with Crippen LogP contribution in [0.2, 0.25) is 0 Å². The molecule has 1 unspecified atom stereocenters. The quantitative estimate of drug-likeness (QED) is 0.328. The summed E-state index contributed by atoms with van der Waals surface area (Å²) in [5, 5.41) is 1.21. The number of aryl methyl sites for hydroxylation is 1. The number of fused-ring (bicyclic) bond motifs is 1. The molecule has 3 aromatic rings. The van der Waals surface area contributed by atoms with Gasteiger partial charge in [-0.05, 0) is 42.7 Å². The van der Waals surface area contributed by atoms with Crippen molar-refractivity contribution in [3.8, 4) is 5.75 Å². The second kappa shape index (κ2) is 9.59. The van der Waals surface area contributed by atoms with Crippen LogP contribution in [0.15, 0.2) is 48.5 Å². The molecule has 0 aliphatic carbocycles. The van der Waals surface area contributed by atoms with Gasteiger partial charge in [0.2, 0.25) is 0 Å². The highest BCUT2D eigenvalue weighted by Crippen LogP contribution is 2.40. The number of aldehydes is 1. The van der Waals surface area contributed by atoms with Crippen LogP contribution < -0.4 is 4.74 Å². The smallest absolute Gasteiger partial charge is 0.124 e. The van der Waals surface area contributed by atoms with Crippen molar-refractivity contribution in [2.24, 2.45) is 5.92 Å². The summed E-state index contributed by atoms with van der Waals surface area (Å²) in [6.07, 6.45) is 6.79. The summed E-state index contributed by atoms with van der Waals surface area (Å²) < 4.78 is 5.34. The predicted octanol–water partition coefficient (Wildman–Crippen LogP) is 6.40. The zero-order valence-electron chi connectivity index (χ0n) is 17.2. The van der Waals surface area contributed by atoms with Crippen LogP contribution in [-0.2, 0) is 4.79 Å². The number of methoxy groups -OCH3 is 1. The average Bonchev–Trinajstić information content (AvgIpc) is 3.06. The zero-order valence-corrected chi connectivity index (χ0v) is 17.2. The van der Waals surface area contributed by atoms with Crippen LogP contribution in [0, 0.1) is 12.8 Å². The van der Waals surface area contributed by atoms with Crippen molar-refractivity contribution in [1.29, 1.82) is 0 Å². The van der Waals surface area contributed by atoms with E-state index in [2.05, 4.69) is 49.2 Å². The molecule has 0 aliphatic heterocycles. The molecule has 1 N–H and O–H groups in total. The van der Waals surface area contributed by atoms with Gasteiger partial charge in [-0.3, -0.25) is 0 Å². The highest BCUT2D eigenvalue weighted by molar-refractivity contribution is 5.86. The minimum Gasteiger partial charge on any atom is -0.497 e. The number of aromatic amines is 1. The first-order valence-electron chi connectivity index (χ1n) is 10.4. The number of hydrogen-bond donors (Lipinski definition) is 1. The Balaban J connectivity index is 2.04. The van der Waals surface area contributed by atoms with E-state index in [-0.39, 0.29) is 11.8 Å². The lowest BCUT2D eigenvalue weighted by Gasteiger charge is -2.25. The van der Waals surface area contributed by atoms with Crippen LogP contribution in [-0.4, -0.2) is 18.4 Å². The first kappa shape index (κ1) is 20.2. The fourth-order valence-electron chi connectivity index (χ4n) is 4.26. The maximum Gasteiger partial charge on any atom is 0.124 e. The summed E-state index contributed by atoms with van der Waals surface area (Å²) in [7, 11) is 1.68. The van der Waals surface area contributed by atoms with Crippen LogP contribution in [0.1, 0.15) is 61.8 Å². The summed E-state index contributed by atoms with van der Waals surface area (Å²) in [5.74, 6) is 0.841. The van der Waals surface area contributed by atoms with Gasteiger partial charge in [-0.15, -0.1) is 0 Å². The number of ether oxygens (including phenoxy) is 1. The number of hydrogen-bond acceptors (Lipinski definition) is 2. The molecule has 0 saturated carbocycles. The number of carbonyl (C=O) groups is 1. The minimum atomic E-state index is -0.0387. The minimum absolute atomic E-state index is 0.0387. The molecule has 148 valence electrons. The normalized spacial score (nSPS) is 13.4. The Labute approximate surface area is 168 Å². The Morgan fingerprint density at radius 2 is 1.79 bits per heavy atom. The Hall–Kier alpha value is -2.55. The summed E-state index contributed by atoms with van der Waals surface area (Å²) >= 11 is 0. The van der Waals surface area contributed by atoms with Crippen LogP contribution in [0.3, 0.4) is 0 Å². The van der Waals surface area contributed by atoms with Crippen molar-refractivity contribution in [1.82, 2.24) is 4.98 Å². The van der Waals surface area contributed by atoms with Crippen molar-refractivity contribution in [2.45, 2.75) is 51.9 Å². The van der Waals surface area contributed by atoms with Gasteiger partial charge in [0.25, 0.3) is 0 Å². The zero-order chi connectivity index (χ0) is 19.9. The molecule has 0 aliphatic rings. The molecule has 28 heavy (non-hydrogen) atoms. The molecule has 0 fully saturated rings. The van der Waals surface area contributed by atoms with Gasteiger partial charge in [0.1, 0.15) is 12.0 Å². The topological polar surface area (TPSA) is 42.1 Å². The SMILES string of the molecule is CCCCCC[C@H](C=O)C(c1ccc(OC)cc1)c1c(C)[nH]c2ccccc12. The molecular formula is C25H31NO2. The lowest BCUT2D eigenvalue weighted by molar-refractivity contribution is -0.111. The molecule has 0 saturated heterocycles. The lowest BCUT2D eigenvalue weighted by Crippen LogP contribution is -2.17. The third-order valence-electron chi connectivity index (χ3n) is 5.72. The molecule has 1 heterocycles. The molecule has 0 radical (unpaired) electrons. The van der Waals surface area contributed by atoms with Crippen LogP contribution in [0.5, 0.6) is 5.75 Å². The number of carbonyl (C=O) groups excluding carboxylic acids is 1. The number of para-hydroxylation sites is 1. The maximum atomic E-state index is 12.2. The van der Waals surface area contributed by atoms with Crippen LogP contribution >= 0.6 is 0 Å². The van der Waals surface area contributed by atoms with Gasteiger partial charge in [0.15, 0.2) is 0 Å². The number of rotatable bonds is 10. The van der Waals surface area contributed by atoms with Crippen molar-refractivity contribution >= 4 is 17.2 Å². The molecule has 0 bridgehead atoms. The molecule has 2 aromatic carbocycles. The summed E-state index contributed by atoms with van der Waals surface area (Å²) in [4.78, 5) is 15.7. The molecule has 3 heteroatoms. The molecule has 0 spiro atoms. The molecule has 0 amide bonds.